The minimum absolute atomic E-state index is 0.200. The van der Waals surface area contributed by atoms with E-state index in [1.807, 2.05) is 20.8 Å². The topological polar surface area (TPSA) is 44.8 Å². The number of para-hydroxylation sites is 2. The standard InChI is InChI=1S/C26H35N3O2/c1-26(2,3)31-25(30)27-22-14-16-28(17-15-22)18-19-29-23-10-6-4-8-20(23)12-13-21-9-5-7-11-24(21)29/h4-11,22H,12-19H2,1-3H3,(H,27,30). The van der Waals surface area contributed by atoms with Crippen LogP contribution in [-0.4, -0.2) is 48.8 Å². The quantitative estimate of drug-likeness (QED) is 0.762. The van der Waals surface area contributed by atoms with Crippen molar-refractivity contribution >= 4 is 17.5 Å². The first-order valence-electron chi connectivity index (χ1n) is 11.5. The highest BCUT2D eigenvalue weighted by atomic mass is 16.6. The van der Waals surface area contributed by atoms with Gasteiger partial charge in [-0.1, -0.05) is 36.4 Å². The summed E-state index contributed by atoms with van der Waals surface area (Å²) in [5, 5.41) is 3.04. The molecule has 5 nitrogen and oxygen atoms in total. The Labute approximate surface area is 186 Å². The lowest BCUT2D eigenvalue weighted by Crippen LogP contribution is -2.47. The summed E-state index contributed by atoms with van der Waals surface area (Å²) in [6, 6.07) is 17.8. The molecule has 0 aromatic heterocycles. The molecule has 1 amide bonds. The van der Waals surface area contributed by atoms with Gasteiger partial charge in [-0.15, -0.1) is 0 Å². The molecule has 1 saturated heterocycles. The Morgan fingerprint density at radius 3 is 2.03 bits per heavy atom. The van der Waals surface area contributed by atoms with E-state index in [1.54, 1.807) is 0 Å². The fraction of sp³-hybridized carbons (Fsp3) is 0.500. The number of nitrogens with zero attached hydrogens (tertiary/aromatic N) is 2. The highest BCUT2D eigenvalue weighted by Gasteiger charge is 2.25. The Kier molecular flexibility index (Phi) is 6.51. The molecular formula is C26H35N3O2. The molecule has 31 heavy (non-hydrogen) atoms. The van der Waals surface area contributed by atoms with Crippen molar-refractivity contribution in [2.75, 3.05) is 31.1 Å². The summed E-state index contributed by atoms with van der Waals surface area (Å²) in [5.74, 6) is 0. The molecule has 0 radical (unpaired) electrons. The van der Waals surface area contributed by atoms with Gasteiger partial charge in [0.25, 0.3) is 0 Å². The zero-order valence-electron chi connectivity index (χ0n) is 19.1. The molecule has 1 fully saturated rings. The van der Waals surface area contributed by atoms with Gasteiger partial charge in [-0.05, 0) is 69.7 Å². The number of aryl methyl sites for hydroxylation is 2. The van der Waals surface area contributed by atoms with Crippen LogP contribution in [0.3, 0.4) is 0 Å². The number of carbonyl (C=O) groups is 1. The molecule has 1 N–H and O–H groups in total. The highest BCUT2D eigenvalue weighted by Crippen LogP contribution is 2.35. The van der Waals surface area contributed by atoms with Crippen molar-refractivity contribution < 1.29 is 9.53 Å². The van der Waals surface area contributed by atoms with E-state index in [0.717, 1.165) is 51.9 Å². The van der Waals surface area contributed by atoms with Crippen molar-refractivity contribution in [3.05, 3.63) is 59.7 Å². The van der Waals surface area contributed by atoms with E-state index >= 15 is 0 Å². The number of likely N-dealkylation sites (tertiary alicyclic amines) is 1. The van der Waals surface area contributed by atoms with Crippen LogP contribution in [0.15, 0.2) is 48.5 Å². The molecule has 0 spiro atoms. The van der Waals surface area contributed by atoms with E-state index in [4.69, 9.17) is 4.74 Å². The third kappa shape index (κ3) is 5.59. The van der Waals surface area contributed by atoms with Crippen LogP contribution in [0.4, 0.5) is 16.2 Å². The Morgan fingerprint density at radius 1 is 0.935 bits per heavy atom. The maximum Gasteiger partial charge on any atom is 0.407 e. The van der Waals surface area contributed by atoms with Gasteiger partial charge in [0.1, 0.15) is 5.60 Å². The van der Waals surface area contributed by atoms with Gasteiger partial charge in [0, 0.05) is 43.6 Å². The maximum atomic E-state index is 12.1. The molecule has 2 aromatic rings. The first-order chi connectivity index (χ1) is 14.9. The van der Waals surface area contributed by atoms with Gasteiger partial charge < -0.3 is 19.9 Å². The van der Waals surface area contributed by atoms with Gasteiger partial charge in [-0.2, -0.15) is 0 Å². The van der Waals surface area contributed by atoms with Crippen LogP contribution in [0.25, 0.3) is 0 Å². The van der Waals surface area contributed by atoms with E-state index in [1.165, 1.54) is 22.5 Å². The van der Waals surface area contributed by atoms with Gasteiger partial charge in [0.2, 0.25) is 0 Å². The number of ether oxygens (including phenoxy) is 1. The van der Waals surface area contributed by atoms with Gasteiger partial charge in [0.15, 0.2) is 0 Å². The van der Waals surface area contributed by atoms with Crippen LogP contribution in [0.1, 0.15) is 44.7 Å². The van der Waals surface area contributed by atoms with Crippen LogP contribution >= 0.6 is 0 Å². The number of fused-ring (bicyclic) bond motifs is 2. The lowest BCUT2D eigenvalue weighted by molar-refractivity contribution is 0.0479. The number of hydrogen-bond acceptors (Lipinski definition) is 4. The molecule has 0 atom stereocenters. The Morgan fingerprint density at radius 2 is 1.48 bits per heavy atom. The van der Waals surface area contributed by atoms with Crippen molar-refractivity contribution in [1.29, 1.82) is 0 Å². The number of amides is 1. The molecule has 0 unspecified atom stereocenters. The summed E-state index contributed by atoms with van der Waals surface area (Å²) in [6.07, 6.45) is 3.80. The molecule has 0 aliphatic carbocycles. The van der Waals surface area contributed by atoms with Crippen LogP contribution in [-0.2, 0) is 17.6 Å². The third-order valence-electron chi connectivity index (χ3n) is 6.18. The molecule has 2 aliphatic heterocycles. The van der Waals surface area contributed by atoms with Crippen LogP contribution < -0.4 is 10.2 Å². The fourth-order valence-corrected chi connectivity index (χ4v) is 4.63. The predicted molar refractivity (Wildman–Crippen MR) is 126 cm³/mol. The summed E-state index contributed by atoms with van der Waals surface area (Å²) in [4.78, 5) is 17.1. The highest BCUT2D eigenvalue weighted by molar-refractivity contribution is 5.71. The number of alkyl carbamates (subject to hydrolysis) is 1. The van der Waals surface area contributed by atoms with Crippen LogP contribution in [0.5, 0.6) is 0 Å². The van der Waals surface area contributed by atoms with Crippen LogP contribution in [0.2, 0.25) is 0 Å². The molecule has 166 valence electrons. The second kappa shape index (κ2) is 9.31. The van der Waals surface area contributed by atoms with Crippen molar-refractivity contribution in [1.82, 2.24) is 10.2 Å². The Balaban J connectivity index is 1.36. The third-order valence-corrected chi connectivity index (χ3v) is 6.18. The fourth-order valence-electron chi connectivity index (χ4n) is 4.63. The number of hydrogen-bond donors (Lipinski definition) is 1. The second-order valence-corrected chi connectivity index (χ2v) is 9.67. The number of carbonyl (C=O) groups excluding carboxylic acids is 1. The lowest BCUT2D eigenvalue weighted by atomic mass is 10.0. The number of nitrogens with one attached hydrogen (secondary N) is 1. The Hall–Kier alpha value is -2.53. The number of rotatable bonds is 4. The first-order valence-corrected chi connectivity index (χ1v) is 11.5. The van der Waals surface area contributed by atoms with Gasteiger partial charge in [0.05, 0.1) is 0 Å². The Bertz CT molecular complexity index is 850. The second-order valence-electron chi connectivity index (χ2n) is 9.67. The van der Waals surface area contributed by atoms with Crippen molar-refractivity contribution in [2.45, 2.75) is 58.1 Å². The molecule has 5 heteroatoms. The van der Waals surface area contributed by atoms with Crippen molar-refractivity contribution in [3.8, 4) is 0 Å². The SMILES string of the molecule is CC(C)(C)OC(=O)NC1CCN(CCN2c3ccccc3CCc3ccccc32)CC1. The van der Waals surface area contributed by atoms with Crippen molar-refractivity contribution in [2.24, 2.45) is 0 Å². The molecule has 0 bridgehead atoms. The zero-order valence-corrected chi connectivity index (χ0v) is 19.1. The number of piperidine rings is 1. The molecule has 4 rings (SSSR count). The van der Waals surface area contributed by atoms with Gasteiger partial charge in [-0.25, -0.2) is 4.79 Å². The summed E-state index contributed by atoms with van der Waals surface area (Å²) in [5.41, 5.74) is 5.09. The smallest absolute Gasteiger partial charge is 0.407 e. The summed E-state index contributed by atoms with van der Waals surface area (Å²) < 4.78 is 5.40. The maximum absolute atomic E-state index is 12.1. The van der Waals surface area contributed by atoms with E-state index < -0.39 is 5.60 Å². The summed E-state index contributed by atoms with van der Waals surface area (Å²) in [6.45, 7) is 9.67. The molecule has 2 aromatic carbocycles. The average Bonchev–Trinajstić information content (AvgIpc) is 2.89. The van der Waals surface area contributed by atoms with E-state index in [9.17, 15) is 4.79 Å². The number of benzene rings is 2. The zero-order chi connectivity index (χ0) is 21.8. The normalized spacial score (nSPS) is 17.5. The van der Waals surface area contributed by atoms with Crippen molar-refractivity contribution in [3.63, 3.8) is 0 Å². The lowest BCUT2D eigenvalue weighted by Gasteiger charge is -2.35. The van der Waals surface area contributed by atoms with Gasteiger partial charge in [-0.3, -0.25) is 0 Å². The first kappa shape index (κ1) is 21.7. The summed E-state index contributed by atoms with van der Waals surface area (Å²) >= 11 is 0. The molecule has 2 aliphatic rings. The van der Waals surface area contributed by atoms with E-state index in [2.05, 4.69) is 63.6 Å². The molecule has 0 saturated carbocycles. The van der Waals surface area contributed by atoms with Crippen LogP contribution in [0, 0.1) is 0 Å². The predicted octanol–water partition coefficient (Wildman–Crippen LogP) is 4.91. The van der Waals surface area contributed by atoms with Gasteiger partial charge >= 0.3 is 6.09 Å². The molecule has 2 heterocycles. The summed E-state index contributed by atoms with van der Waals surface area (Å²) in [7, 11) is 0. The van der Waals surface area contributed by atoms with E-state index in [0.29, 0.717) is 0 Å². The largest absolute Gasteiger partial charge is 0.444 e. The number of anilines is 2. The van der Waals surface area contributed by atoms with E-state index in [-0.39, 0.29) is 12.1 Å². The molecular weight excluding hydrogens is 386 g/mol. The average molecular weight is 422 g/mol. The minimum Gasteiger partial charge on any atom is -0.444 e. The monoisotopic (exact) mass is 421 g/mol. The minimum atomic E-state index is -0.454.